The number of hydrogen-bond donors (Lipinski definition) is 0. The standard InChI is InChI=1S/C23H32/c1-4-5-6-7-14-19-22(20-15-10-8-11-16-20)23(2,3)21-17-12-9-13-18-21/h8-13,15-18,22H,4-7,14,19H2,1-3H3. The minimum atomic E-state index is 0.160. The molecule has 0 aromatic heterocycles. The topological polar surface area (TPSA) is 0 Å². The summed E-state index contributed by atoms with van der Waals surface area (Å²) in [6.45, 7) is 7.10. The summed E-state index contributed by atoms with van der Waals surface area (Å²) in [5.41, 5.74) is 3.09. The van der Waals surface area contributed by atoms with Crippen LogP contribution >= 0.6 is 0 Å². The van der Waals surface area contributed by atoms with Gasteiger partial charge in [-0.15, -0.1) is 0 Å². The Kier molecular flexibility index (Phi) is 6.89. The fourth-order valence-corrected chi connectivity index (χ4v) is 3.65. The average molecular weight is 309 g/mol. The minimum Gasteiger partial charge on any atom is -0.0654 e. The van der Waals surface area contributed by atoms with Gasteiger partial charge in [0.1, 0.15) is 0 Å². The molecule has 23 heavy (non-hydrogen) atoms. The molecule has 0 fully saturated rings. The third kappa shape index (κ3) is 4.96. The van der Waals surface area contributed by atoms with Gasteiger partial charge in [-0.1, -0.05) is 114 Å². The molecule has 0 N–H and O–H groups in total. The molecule has 0 radical (unpaired) electrons. The molecule has 1 unspecified atom stereocenters. The summed E-state index contributed by atoms with van der Waals surface area (Å²) in [6.07, 6.45) is 8.03. The minimum absolute atomic E-state index is 0.160. The highest BCUT2D eigenvalue weighted by molar-refractivity contribution is 5.32. The van der Waals surface area contributed by atoms with Gasteiger partial charge in [0.2, 0.25) is 0 Å². The van der Waals surface area contributed by atoms with Crippen LogP contribution in [0, 0.1) is 0 Å². The van der Waals surface area contributed by atoms with Gasteiger partial charge in [-0.05, 0) is 28.9 Å². The first-order valence-corrected chi connectivity index (χ1v) is 9.26. The third-order valence-electron chi connectivity index (χ3n) is 5.19. The van der Waals surface area contributed by atoms with Crippen molar-refractivity contribution in [1.82, 2.24) is 0 Å². The number of rotatable bonds is 9. The van der Waals surface area contributed by atoms with Gasteiger partial charge in [0.15, 0.2) is 0 Å². The average Bonchev–Trinajstić information content (AvgIpc) is 2.59. The SMILES string of the molecule is CCCCCCCC(c1ccccc1)C(C)(C)c1ccccc1. The van der Waals surface area contributed by atoms with Gasteiger partial charge in [-0.25, -0.2) is 0 Å². The number of unbranched alkanes of at least 4 members (excludes halogenated alkanes) is 4. The molecule has 1 atom stereocenters. The van der Waals surface area contributed by atoms with E-state index in [-0.39, 0.29) is 5.41 Å². The van der Waals surface area contributed by atoms with Crippen molar-refractivity contribution in [3.63, 3.8) is 0 Å². The lowest BCUT2D eigenvalue weighted by molar-refractivity contribution is 0.376. The molecule has 0 nitrogen and oxygen atoms in total. The summed E-state index contributed by atoms with van der Waals surface area (Å²) in [4.78, 5) is 0. The van der Waals surface area contributed by atoms with E-state index in [1.807, 2.05) is 0 Å². The highest BCUT2D eigenvalue weighted by atomic mass is 14.4. The maximum Gasteiger partial charge on any atom is -0.00349 e. The monoisotopic (exact) mass is 308 g/mol. The summed E-state index contributed by atoms with van der Waals surface area (Å²) in [7, 11) is 0. The summed E-state index contributed by atoms with van der Waals surface area (Å²) < 4.78 is 0. The Morgan fingerprint density at radius 3 is 1.91 bits per heavy atom. The largest absolute Gasteiger partial charge is 0.0654 e. The van der Waals surface area contributed by atoms with Crippen LogP contribution in [0.25, 0.3) is 0 Å². The molecular weight excluding hydrogens is 276 g/mol. The maximum atomic E-state index is 2.41. The quantitative estimate of drug-likeness (QED) is 0.433. The van der Waals surface area contributed by atoms with Crippen LogP contribution in [0.1, 0.15) is 76.3 Å². The molecular formula is C23H32. The zero-order chi connectivity index (χ0) is 16.5. The first kappa shape index (κ1) is 17.8. The second kappa shape index (κ2) is 8.91. The van der Waals surface area contributed by atoms with Gasteiger partial charge in [0.05, 0.1) is 0 Å². The lowest BCUT2D eigenvalue weighted by Gasteiger charge is -2.36. The van der Waals surface area contributed by atoms with Gasteiger partial charge in [-0.2, -0.15) is 0 Å². The van der Waals surface area contributed by atoms with E-state index in [9.17, 15) is 0 Å². The van der Waals surface area contributed by atoms with Crippen LogP contribution in [0.3, 0.4) is 0 Å². The van der Waals surface area contributed by atoms with Crippen molar-refractivity contribution in [2.24, 2.45) is 0 Å². The second-order valence-corrected chi connectivity index (χ2v) is 7.25. The van der Waals surface area contributed by atoms with Crippen molar-refractivity contribution in [3.8, 4) is 0 Å². The molecule has 0 spiro atoms. The highest BCUT2D eigenvalue weighted by Crippen LogP contribution is 2.41. The van der Waals surface area contributed by atoms with Crippen LogP contribution in [0.5, 0.6) is 0 Å². The van der Waals surface area contributed by atoms with Gasteiger partial charge < -0.3 is 0 Å². The van der Waals surface area contributed by atoms with Crippen molar-refractivity contribution in [2.45, 2.75) is 70.6 Å². The molecule has 0 aliphatic heterocycles. The Hall–Kier alpha value is -1.56. The van der Waals surface area contributed by atoms with E-state index < -0.39 is 0 Å². The van der Waals surface area contributed by atoms with Crippen LogP contribution in [0.2, 0.25) is 0 Å². The Morgan fingerprint density at radius 1 is 0.739 bits per heavy atom. The molecule has 0 aliphatic rings. The Bertz CT molecular complexity index is 539. The van der Waals surface area contributed by atoms with Crippen molar-refractivity contribution < 1.29 is 0 Å². The first-order valence-electron chi connectivity index (χ1n) is 9.26. The summed E-state index contributed by atoms with van der Waals surface area (Å²) in [5, 5.41) is 0. The summed E-state index contributed by atoms with van der Waals surface area (Å²) >= 11 is 0. The van der Waals surface area contributed by atoms with Crippen molar-refractivity contribution in [3.05, 3.63) is 71.8 Å². The van der Waals surface area contributed by atoms with Gasteiger partial charge >= 0.3 is 0 Å². The molecule has 2 rings (SSSR count). The molecule has 124 valence electrons. The van der Waals surface area contributed by atoms with E-state index in [0.29, 0.717) is 5.92 Å². The molecule has 2 aromatic rings. The predicted molar refractivity (Wildman–Crippen MR) is 102 cm³/mol. The fraction of sp³-hybridized carbons (Fsp3) is 0.478. The zero-order valence-corrected chi connectivity index (χ0v) is 15.1. The molecule has 0 amide bonds. The predicted octanol–water partition coefficient (Wildman–Crippen LogP) is 7.11. The lowest BCUT2D eigenvalue weighted by Crippen LogP contribution is -2.27. The molecule has 2 aromatic carbocycles. The van der Waals surface area contributed by atoms with Crippen LogP contribution in [-0.4, -0.2) is 0 Å². The number of hydrogen-bond acceptors (Lipinski definition) is 0. The Labute approximate surface area is 143 Å². The van der Waals surface area contributed by atoms with Gasteiger partial charge in [0, 0.05) is 0 Å². The van der Waals surface area contributed by atoms with E-state index in [1.165, 1.54) is 49.7 Å². The summed E-state index contributed by atoms with van der Waals surface area (Å²) in [5.74, 6) is 0.577. The van der Waals surface area contributed by atoms with E-state index in [1.54, 1.807) is 0 Å². The molecule has 0 saturated carbocycles. The molecule has 0 heteroatoms. The first-order chi connectivity index (χ1) is 11.2. The smallest absolute Gasteiger partial charge is 0.00349 e. The van der Waals surface area contributed by atoms with E-state index >= 15 is 0 Å². The second-order valence-electron chi connectivity index (χ2n) is 7.25. The van der Waals surface area contributed by atoms with Crippen molar-refractivity contribution >= 4 is 0 Å². The van der Waals surface area contributed by atoms with E-state index in [0.717, 1.165) is 0 Å². The van der Waals surface area contributed by atoms with Crippen molar-refractivity contribution in [2.75, 3.05) is 0 Å². The third-order valence-corrected chi connectivity index (χ3v) is 5.19. The molecule has 0 aliphatic carbocycles. The highest BCUT2D eigenvalue weighted by Gasteiger charge is 2.31. The molecule has 0 saturated heterocycles. The van der Waals surface area contributed by atoms with Gasteiger partial charge in [0.25, 0.3) is 0 Å². The van der Waals surface area contributed by atoms with Crippen LogP contribution in [-0.2, 0) is 5.41 Å². The van der Waals surface area contributed by atoms with Crippen LogP contribution in [0.15, 0.2) is 60.7 Å². The zero-order valence-electron chi connectivity index (χ0n) is 15.1. The van der Waals surface area contributed by atoms with Crippen LogP contribution in [0.4, 0.5) is 0 Å². The van der Waals surface area contributed by atoms with E-state index in [4.69, 9.17) is 0 Å². The van der Waals surface area contributed by atoms with E-state index in [2.05, 4.69) is 81.4 Å². The maximum absolute atomic E-state index is 2.41. The Balaban J connectivity index is 2.16. The molecule has 0 bridgehead atoms. The van der Waals surface area contributed by atoms with Gasteiger partial charge in [-0.3, -0.25) is 0 Å². The lowest BCUT2D eigenvalue weighted by atomic mass is 9.68. The fourth-order valence-electron chi connectivity index (χ4n) is 3.65. The molecule has 0 heterocycles. The van der Waals surface area contributed by atoms with Crippen LogP contribution < -0.4 is 0 Å². The number of benzene rings is 2. The normalized spacial score (nSPS) is 13.0. The van der Waals surface area contributed by atoms with Crippen molar-refractivity contribution in [1.29, 1.82) is 0 Å². The Morgan fingerprint density at radius 2 is 1.30 bits per heavy atom. The summed E-state index contributed by atoms with van der Waals surface area (Å²) in [6, 6.07) is 22.1.